The predicted molar refractivity (Wildman–Crippen MR) is 101 cm³/mol. The lowest BCUT2D eigenvalue weighted by molar-refractivity contribution is -0.117. The van der Waals surface area contributed by atoms with E-state index in [9.17, 15) is 18.3 Å². The van der Waals surface area contributed by atoms with Crippen molar-refractivity contribution in [3.8, 4) is 10.4 Å². The van der Waals surface area contributed by atoms with E-state index in [0.717, 1.165) is 16.5 Å². The van der Waals surface area contributed by atoms with Gasteiger partial charge in [-0.25, -0.2) is 8.42 Å². The van der Waals surface area contributed by atoms with E-state index in [0.29, 0.717) is 6.42 Å². The van der Waals surface area contributed by atoms with Crippen LogP contribution in [0.4, 0.5) is 0 Å². The van der Waals surface area contributed by atoms with Gasteiger partial charge in [0.15, 0.2) is 0 Å². The number of nitrogens with zero attached hydrogens (tertiary/aromatic N) is 1. The molecule has 8 heteroatoms. The molecule has 1 fully saturated rings. The van der Waals surface area contributed by atoms with Gasteiger partial charge in [-0.15, -0.1) is 11.3 Å². The van der Waals surface area contributed by atoms with Crippen molar-refractivity contribution in [1.29, 1.82) is 0 Å². The van der Waals surface area contributed by atoms with Crippen LogP contribution in [-0.4, -0.2) is 49.0 Å². The molecule has 0 saturated carbocycles. The minimum atomic E-state index is -3.75. The zero-order valence-electron chi connectivity index (χ0n) is 14.0. The molecule has 2 N–H and O–H groups in total. The number of carbonyl (C=O) groups excluding carboxylic acids is 1. The highest BCUT2D eigenvalue weighted by Gasteiger charge is 2.40. The molecule has 1 saturated heterocycles. The second-order valence-corrected chi connectivity index (χ2v) is 9.24. The van der Waals surface area contributed by atoms with E-state index in [1.165, 1.54) is 15.6 Å². The van der Waals surface area contributed by atoms with Crippen molar-refractivity contribution in [3.05, 3.63) is 55.1 Å². The molecule has 2 aromatic rings. The number of rotatable bonds is 6. The van der Waals surface area contributed by atoms with E-state index in [2.05, 4.69) is 11.9 Å². The van der Waals surface area contributed by atoms with E-state index in [1.54, 1.807) is 12.1 Å². The Kier molecular flexibility index (Phi) is 5.57. The van der Waals surface area contributed by atoms with Crippen molar-refractivity contribution in [3.63, 3.8) is 0 Å². The highest BCUT2D eigenvalue weighted by atomic mass is 32.2. The van der Waals surface area contributed by atoms with Gasteiger partial charge in [0.05, 0.1) is 12.6 Å². The summed E-state index contributed by atoms with van der Waals surface area (Å²) in [4.78, 5) is 12.4. The Bertz CT molecular complexity index is 893. The normalized spacial score (nSPS) is 20.8. The van der Waals surface area contributed by atoms with Crippen LogP contribution in [0.25, 0.3) is 10.4 Å². The Morgan fingerprint density at radius 3 is 2.69 bits per heavy atom. The van der Waals surface area contributed by atoms with Crippen LogP contribution in [0.3, 0.4) is 0 Å². The fraction of sp³-hybridized carbons (Fsp3) is 0.278. The SMILES string of the molecule is C=CC(=O)NC1CC(CO)N(S(=O)(=O)c2ccc(-c3ccccc3)s2)C1. The fourth-order valence-corrected chi connectivity index (χ4v) is 6.16. The first-order valence-corrected chi connectivity index (χ1v) is 10.4. The highest BCUT2D eigenvalue weighted by molar-refractivity contribution is 7.91. The van der Waals surface area contributed by atoms with Gasteiger partial charge in [0, 0.05) is 17.5 Å². The zero-order chi connectivity index (χ0) is 18.7. The third-order valence-electron chi connectivity index (χ3n) is 4.31. The largest absolute Gasteiger partial charge is 0.395 e. The van der Waals surface area contributed by atoms with Gasteiger partial charge < -0.3 is 10.4 Å². The lowest BCUT2D eigenvalue weighted by atomic mass is 10.2. The second-order valence-electron chi connectivity index (χ2n) is 6.04. The van der Waals surface area contributed by atoms with Gasteiger partial charge >= 0.3 is 0 Å². The number of carbonyl (C=O) groups is 1. The highest BCUT2D eigenvalue weighted by Crippen LogP contribution is 2.34. The molecule has 1 aliphatic heterocycles. The van der Waals surface area contributed by atoms with Gasteiger partial charge in [-0.1, -0.05) is 36.9 Å². The lowest BCUT2D eigenvalue weighted by Crippen LogP contribution is -2.39. The lowest BCUT2D eigenvalue weighted by Gasteiger charge is -2.21. The van der Waals surface area contributed by atoms with Crippen LogP contribution >= 0.6 is 11.3 Å². The monoisotopic (exact) mass is 392 g/mol. The molecule has 2 unspecified atom stereocenters. The van der Waals surface area contributed by atoms with Crippen LogP contribution in [-0.2, 0) is 14.8 Å². The third-order valence-corrected chi connectivity index (χ3v) is 7.83. The van der Waals surface area contributed by atoms with Crippen molar-refractivity contribution in [2.45, 2.75) is 22.7 Å². The van der Waals surface area contributed by atoms with Crippen LogP contribution < -0.4 is 5.32 Å². The summed E-state index contributed by atoms with van der Waals surface area (Å²) >= 11 is 1.20. The smallest absolute Gasteiger partial charge is 0.252 e. The number of benzene rings is 1. The molecule has 0 spiro atoms. The van der Waals surface area contributed by atoms with Crippen molar-refractivity contribution < 1.29 is 18.3 Å². The van der Waals surface area contributed by atoms with E-state index >= 15 is 0 Å². The Labute approximate surface area is 156 Å². The summed E-state index contributed by atoms with van der Waals surface area (Å²) in [5.41, 5.74) is 0.954. The maximum Gasteiger partial charge on any atom is 0.252 e. The molecule has 0 bridgehead atoms. The van der Waals surface area contributed by atoms with Gasteiger partial charge in [0.2, 0.25) is 5.91 Å². The summed E-state index contributed by atoms with van der Waals surface area (Å²) in [6.45, 7) is 3.23. The molecule has 26 heavy (non-hydrogen) atoms. The van der Waals surface area contributed by atoms with Gasteiger partial charge in [0.25, 0.3) is 10.0 Å². The van der Waals surface area contributed by atoms with E-state index in [1.807, 2.05) is 30.3 Å². The molecule has 3 rings (SSSR count). The topological polar surface area (TPSA) is 86.7 Å². The van der Waals surface area contributed by atoms with E-state index in [4.69, 9.17) is 0 Å². The molecule has 0 aliphatic carbocycles. The van der Waals surface area contributed by atoms with Gasteiger partial charge in [-0.05, 0) is 30.2 Å². The maximum atomic E-state index is 13.0. The van der Waals surface area contributed by atoms with Crippen molar-refractivity contribution in [2.24, 2.45) is 0 Å². The summed E-state index contributed by atoms with van der Waals surface area (Å²) in [5, 5.41) is 12.3. The number of hydrogen-bond donors (Lipinski definition) is 2. The average molecular weight is 393 g/mol. The second kappa shape index (κ2) is 7.71. The van der Waals surface area contributed by atoms with Crippen molar-refractivity contribution in [1.82, 2.24) is 9.62 Å². The summed E-state index contributed by atoms with van der Waals surface area (Å²) in [6, 6.07) is 12.0. The Morgan fingerprint density at radius 2 is 2.04 bits per heavy atom. The summed E-state index contributed by atoms with van der Waals surface area (Å²) in [6.07, 6.45) is 1.52. The molecule has 2 atom stereocenters. The first-order chi connectivity index (χ1) is 12.5. The molecule has 1 amide bonds. The van der Waals surface area contributed by atoms with Crippen LogP contribution in [0, 0.1) is 0 Å². The number of thiophene rings is 1. The molecule has 0 radical (unpaired) electrons. The fourth-order valence-electron chi connectivity index (χ4n) is 3.04. The number of aliphatic hydroxyl groups excluding tert-OH is 1. The minimum absolute atomic E-state index is 0.131. The summed E-state index contributed by atoms with van der Waals surface area (Å²) in [5.74, 6) is -0.353. The molecule has 1 aromatic carbocycles. The summed E-state index contributed by atoms with van der Waals surface area (Å²) < 4.78 is 27.6. The number of amides is 1. The molecule has 2 heterocycles. The first kappa shape index (κ1) is 18.8. The zero-order valence-corrected chi connectivity index (χ0v) is 15.7. The molecule has 138 valence electrons. The number of hydrogen-bond acceptors (Lipinski definition) is 5. The predicted octanol–water partition coefficient (Wildman–Crippen LogP) is 1.84. The Balaban J connectivity index is 1.84. The third kappa shape index (κ3) is 3.73. The first-order valence-electron chi connectivity index (χ1n) is 8.16. The maximum absolute atomic E-state index is 13.0. The Morgan fingerprint density at radius 1 is 1.31 bits per heavy atom. The summed E-state index contributed by atoms with van der Waals surface area (Å²) in [7, 11) is -3.75. The van der Waals surface area contributed by atoms with E-state index < -0.39 is 16.1 Å². The molecular weight excluding hydrogens is 372 g/mol. The van der Waals surface area contributed by atoms with E-state index in [-0.39, 0.29) is 29.3 Å². The molecule has 1 aliphatic rings. The van der Waals surface area contributed by atoms with Crippen LogP contribution in [0.15, 0.2) is 59.3 Å². The average Bonchev–Trinajstić information content (AvgIpc) is 3.30. The van der Waals surface area contributed by atoms with Crippen LogP contribution in [0.1, 0.15) is 6.42 Å². The molecule has 1 aromatic heterocycles. The number of sulfonamides is 1. The van der Waals surface area contributed by atoms with Crippen LogP contribution in [0.2, 0.25) is 0 Å². The van der Waals surface area contributed by atoms with Gasteiger partial charge in [0.1, 0.15) is 4.21 Å². The quantitative estimate of drug-likeness (QED) is 0.735. The molecule has 6 nitrogen and oxygen atoms in total. The van der Waals surface area contributed by atoms with Gasteiger partial charge in [-0.2, -0.15) is 4.31 Å². The number of aliphatic hydroxyl groups is 1. The Hall–Kier alpha value is -2.00. The number of nitrogens with one attached hydrogen (secondary N) is 1. The van der Waals surface area contributed by atoms with Crippen LogP contribution in [0.5, 0.6) is 0 Å². The molecular formula is C18H20N2O4S2. The van der Waals surface area contributed by atoms with Crippen molar-refractivity contribution >= 4 is 27.3 Å². The van der Waals surface area contributed by atoms with Gasteiger partial charge in [-0.3, -0.25) is 4.79 Å². The minimum Gasteiger partial charge on any atom is -0.395 e. The standard InChI is InChI=1S/C18H20N2O4S2/c1-2-17(22)19-14-10-15(12-21)20(11-14)26(23,24)18-9-8-16(25-18)13-6-4-3-5-7-13/h2-9,14-15,21H,1,10-12H2,(H,19,22). The van der Waals surface area contributed by atoms with Crippen molar-refractivity contribution in [2.75, 3.05) is 13.2 Å².